The van der Waals surface area contributed by atoms with Gasteiger partial charge in [-0.1, -0.05) is 6.07 Å². The van der Waals surface area contributed by atoms with E-state index in [-0.39, 0.29) is 17.3 Å². The number of rotatable bonds is 3. The van der Waals surface area contributed by atoms with Crippen LogP contribution in [0.15, 0.2) is 30.7 Å². The van der Waals surface area contributed by atoms with Crippen molar-refractivity contribution in [3.05, 3.63) is 42.1 Å². The number of piperazine rings is 1. The number of carbonyl (C=O) groups excluding carboxylic acids is 2. The Hall–Kier alpha value is -2.74. The lowest BCUT2D eigenvalue weighted by atomic mass is 10.2. The van der Waals surface area contributed by atoms with E-state index in [0.717, 1.165) is 13.1 Å². The van der Waals surface area contributed by atoms with Gasteiger partial charge in [-0.3, -0.25) is 9.59 Å². The second kappa shape index (κ2) is 6.35. The number of pyridine rings is 1. The summed E-state index contributed by atoms with van der Waals surface area (Å²) < 4.78 is 0. The van der Waals surface area contributed by atoms with Crippen LogP contribution in [0.1, 0.15) is 21.0 Å². The minimum absolute atomic E-state index is 0.0779. The van der Waals surface area contributed by atoms with Crippen LogP contribution in [0.3, 0.4) is 0 Å². The lowest BCUT2D eigenvalue weighted by Gasteiger charge is -2.27. The van der Waals surface area contributed by atoms with E-state index in [1.165, 1.54) is 6.33 Å². The normalized spacial score (nSPS) is 14.6. The number of hydrogen-bond donors (Lipinski definition) is 3. The van der Waals surface area contributed by atoms with Crippen molar-refractivity contribution in [3.8, 4) is 0 Å². The number of aromatic nitrogens is 3. The van der Waals surface area contributed by atoms with Gasteiger partial charge >= 0.3 is 0 Å². The molecule has 2 aromatic heterocycles. The van der Waals surface area contributed by atoms with Gasteiger partial charge in [0.25, 0.3) is 11.8 Å². The van der Waals surface area contributed by atoms with Crippen LogP contribution in [-0.2, 0) is 0 Å². The van der Waals surface area contributed by atoms with E-state index in [4.69, 9.17) is 0 Å². The number of H-pyrrole nitrogens is 1. The third-order valence-corrected chi connectivity index (χ3v) is 3.38. The Morgan fingerprint density at radius 1 is 1.18 bits per heavy atom. The van der Waals surface area contributed by atoms with E-state index in [0.29, 0.717) is 18.9 Å². The summed E-state index contributed by atoms with van der Waals surface area (Å²) in [6.45, 7) is 2.71. The highest BCUT2D eigenvalue weighted by Gasteiger charge is 2.25. The average Bonchev–Trinajstić information content (AvgIpc) is 3.05. The first-order chi connectivity index (χ1) is 10.8. The molecule has 0 atom stereocenters. The zero-order chi connectivity index (χ0) is 15.4. The molecular weight excluding hydrogens is 284 g/mol. The first-order valence-corrected chi connectivity index (χ1v) is 7.01. The molecule has 1 fully saturated rings. The van der Waals surface area contributed by atoms with Gasteiger partial charge in [-0.25, -0.2) is 9.97 Å². The van der Waals surface area contributed by atoms with Crippen molar-refractivity contribution >= 4 is 17.6 Å². The zero-order valence-electron chi connectivity index (χ0n) is 11.9. The molecule has 114 valence electrons. The number of hydrogen-bond acceptors (Lipinski definition) is 5. The molecule has 22 heavy (non-hydrogen) atoms. The topological polar surface area (TPSA) is 103 Å². The van der Waals surface area contributed by atoms with Crippen LogP contribution in [0.2, 0.25) is 0 Å². The highest BCUT2D eigenvalue weighted by atomic mass is 16.2. The quantitative estimate of drug-likeness (QED) is 0.746. The lowest BCUT2D eigenvalue weighted by molar-refractivity contribution is 0.0726. The van der Waals surface area contributed by atoms with Crippen LogP contribution in [0.25, 0.3) is 0 Å². The zero-order valence-corrected chi connectivity index (χ0v) is 11.9. The molecule has 0 spiro atoms. The summed E-state index contributed by atoms with van der Waals surface area (Å²) in [5, 5.41) is 5.80. The summed E-state index contributed by atoms with van der Waals surface area (Å²) >= 11 is 0. The van der Waals surface area contributed by atoms with Crippen molar-refractivity contribution in [2.45, 2.75) is 0 Å². The maximum atomic E-state index is 12.5. The van der Waals surface area contributed by atoms with Crippen molar-refractivity contribution < 1.29 is 9.59 Å². The van der Waals surface area contributed by atoms with E-state index in [1.54, 1.807) is 29.3 Å². The summed E-state index contributed by atoms with van der Waals surface area (Å²) in [5.41, 5.74) is 0.282. The number of imidazole rings is 1. The number of carbonyl (C=O) groups is 2. The van der Waals surface area contributed by atoms with Gasteiger partial charge in [0.15, 0.2) is 5.69 Å². The molecule has 1 aliphatic rings. The van der Waals surface area contributed by atoms with Gasteiger partial charge in [-0.05, 0) is 12.1 Å². The van der Waals surface area contributed by atoms with Gasteiger partial charge in [0, 0.05) is 32.4 Å². The summed E-state index contributed by atoms with van der Waals surface area (Å²) in [6, 6.07) is 5.19. The van der Waals surface area contributed by atoms with Crippen LogP contribution in [0.5, 0.6) is 0 Å². The molecule has 0 unspecified atom stereocenters. The predicted molar refractivity (Wildman–Crippen MR) is 79.6 cm³/mol. The monoisotopic (exact) mass is 300 g/mol. The molecule has 0 bridgehead atoms. The molecule has 2 aromatic rings. The minimum atomic E-state index is -0.460. The molecular formula is C14H16N6O2. The molecule has 0 radical (unpaired) electrons. The van der Waals surface area contributed by atoms with Crippen LogP contribution in [0, 0.1) is 0 Å². The Bertz CT molecular complexity index is 663. The van der Waals surface area contributed by atoms with E-state index >= 15 is 0 Å². The van der Waals surface area contributed by atoms with Crippen molar-refractivity contribution in [1.82, 2.24) is 25.2 Å². The fraction of sp³-hybridized carbons (Fsp3) is 0.286. The number of nitrogens with one attached hydrogen (secondary N) is 3. The highest BCUT2D eigenvalue weighted by Crippen LogP contribution is 2.10. The van der Waals surface area contributed by atoms with Gasteiger partial charge in [0.2, 0.25) is 0 Å². The Morgan fingerprint density at radius 3 is 2.73 bits per heavy atom. The molecule has 3 N–H and O–H groups in total. The largest absolute Gasteiger partial charge is 0.340 e. The minimum Gasteiger partial charge on any atom is -0.340 e. The van der Waals surface area contributed by atoms with Crippen LogP contribution in [-0.4, -0.2) is 57.8 Å². The van der Waals surface area contributed by atoms with E-state index in [1.807, 2.05) is 0 Å². The number of nitrogens with zero attached hydrogens (tertiary/aromatic N) is 3. The molecule has 8 nitrogen and oxygen atoms in total. The fourth-order valence-electron chi connectivity index (χ4n) is 2.27. The first kappa shape index (κ1) is 14.2. The Balaban J connectivity index is 1.76. The molecule has 1 saturated heterocycles. The van der Waals surface area contributed by atoms with E-state index in [9.17, 15) is 9.59 Å². The van der Waals surface area contributed by atoms with Gasteiger partial charge in [0.05, 0.1) is 6.33 Å². The number of amides is 2. The maximum Gasteiger partial charge on any atom is 0.277 e. The molecule has 8 heteroatoms. The van der Waals surface area contributed by atoms with Crippen LogP contribution >= 0.6 is 0 Å². The van der Waals surface area contributed by atoms with Gasteiger partial charge < -0.3 is 20.5 Å². The predicted octanol–water partition coefficient (Wildman–Crippen LogP) is 0.102. The van der Waals surface area contributed by atoms with Crippen molar-refractivity contribution in [1.29, 1.82) is 0 Å². The second-order valence-electron chi connectivity index (χ2n) is 4.84. The molecule has 0 aromatic carbocycles. The standard InChI is InChI=1S/C14H16N6O2/c21-13(19-10-3-1-2-4-16-10)11-12(18-9-17-11)14(22)20-7-5-15-6-8-20/h1-4,9,15H,5-8H2,(H,17,18)(H,16,19,21). The van der Waals surface area contributed by atoms with Gasteiger partial charge in [-0.15, -0.1) is 0 Å². The van der Waals surface area contributed by atoms with E-state index < -0.39 is 5.91 Å². The summed E-state index contributed by atoms with van der Waals surface area (Å²) in [6.07, 6.45) is 2.93. The average molecular weight is 300 g/mol. The Labute approximate surface area is 127 Å². The van der Waals surface area contributed by atoms with E-state index in [2.05, 4.69) is 25.6 Å². The number of aromatic amines is 1. The van der Waals surface area contributed by atoms with Crippen molar-refractivity contribution in [3.63, 3.8) is 0 Å². The van der Waals surface area contributed by atoms with Crippen molar-refractivity contribution in [2.75, 3.05) is 31.5 Å². The molecule has 0 saturated carbocycles. The van der Waals surface area contributed by atoms with Gasteiger partial charge in [-0.2, -0.15) is 0 Å². The second-order valence-corrected chi connectivity index (χ2v) is 4.84. The summed E-state index contributed by atoms with van der Waals surface area (Å²) in [5.74, 6) is -0.264. The molecule has 3 heterocycles. The molecule has 0 aliphatic carbocycles. The fourth-order valence-corrected chi connectivity index (χ4v) is 2.27. The van der Waals surface area contributed by atoms with Crippen molar-refractivity contribution in [2.24, 2.45) is 0 Å². The smallest absolute Gasteiger partial charge is 0.277 e. The molecule has 1 aliphatic heterocycles. The highest BCUT2D eigenvalue weighted by molar-refractivity contribution is 6.09. The SMILES string of the molecule is O=C(Nc1ccccn1)c1nc[nH]c1C(=O)N1CCNCC1. The summed E-state index contributed by atoms with van der Waals surface area (Å²) in [4.78, 5) is 37.2. The third-order valence-electron chi connectivity index (χ3n) is 3.38. The lowest BCUT2D eigenvalue weighted by Crippen LogP contribution is -2.46. The molecule has 2 amide bonds. The van der Waals surface area contributed by atoms with Crippen LogP contribution in [0.4, 0.5) is 5.82 Å². The number of anilines is 1. The maximum absolute atomic E-state index is 12.5. The Morgan fingerprint density at radius 2 is 2.00 bits per heavy atom. The first-order valence-electron chi connectivity index (χ1n) is 7.01. The summed E-state index contributed by atoms with van der Waals surface area (Å²) in [7, 11) is 0. The van der Waals surface area contributed by atoms with Crippen LogP contribution < -0.4 is 10.6 Å². The third kappa shape index (κ3) is 2.96. The Kier molecular flexibility index (Phi) is 4.10. The van der Waals surface area contributed by atoms with Gasteiger partial charge in [0.1, 0.15) is 11.5 Å². The molecule has 3 rings (SSSR count).